The maximum Gasteiger partial charge on any atom is 0.256 e. The van der Waals surface area contributed by atoms with Crippen molar-refractivity contribution < 1.29 is 9.90 Å². The highest BCUT2D eigenvalue weighted by Gasteiger charge is 2.35. The number of aliphatic hydroxyl groups is 1. The number of aliphatic hydroxyl groups excluding tert-OH is 1. The molecule has 1 saturated heterocycles. The number of carbonyl (C=O) groups is 1. The summed E-state index contributed by atoms with van der Waals surface area (Å²) in [4.78, 5) is 21.3. The van der Waals surface area contributed by atoms with Gasteiger partial charge in [0, 0.05) is 49.4 Å². The lowest BCUT2D eigenvalue weighted by atomic mass is 10.0. The fourth-order valence-corrected chi connectivity index (χ4v) is 5.01. The number of aryl methyl sites for hydroxylation is 2. The summed E-state index contributed by atoms with van der Waals surface area (Å²) in [6.07, 6.45) is 5.88. The van der Waals surface area contributed by atoms with Crippen LogP contribution in [-0.2, 0) is 0 Å². The van der Waals surface area contributed by atoms with Crippen molar-refractivity contribution in [3.8, 4) is 0 Å². The Hall–Kier alpha value is -1.85. The van der Waals surface area contributed by atoms with Crippen LogP contribution in [-0.4, -0.2) is 64.1 Å². The molecule has 1 aromatic heterocycles. The monoisotopic (exact) mass is 369 g/mol. The Bertz CT molecular complexity index is 822. The van der Waals surface area contributed by atoms with Gasteiger partial charge in [0.25, 0.3) is 5.91 Å². The van der Waals surface area contributed by atoms with Crippen molar-refractivity contribution in [3.05, 3.63) is 35.0 Å². The lowest BCUT2D eigenvalue weighted by Gasteiger charge is -2.44. The van der Waals surface area contributed by atoms with Gasteiger partial charge in [-0.05, 0) is 44.7 Å². The van der Waals surface area contributed by atoms with Gasteiger partial charge in [-0.2, -0.15) is 0 Å². The number of piperazine rings is 1. The Balaban J connectivity index is 1.57. The molecule has 2 aromatic rings. The molecule has 2 heterocycles. The van der Waals surface area contributed by atoms with Gasteiger partial charge in [-0.15, -0.1) is 0 Å². The smallest absolute Gasteiger partial charge is 0.256 e. The number of aromatic nitrogens is 1. The number of nitrogens with zero attached hydrogens (tertiary/aromatic N) is 2. The third-order valence-corrected chi connectivity index (χ3v) is 6.65. The lowest BCUT2D eigenvalue weighted by Crippen LogP contribution is -2.57. The van der Waals surface area contributed by atoms with Crippen LogP contribution in [0.2, 0.25) is 0 Å². The normalized spacial score (nSPS) is 22.0. The number of benzene rings is 1. The minimum Gasteiger partial charge on any atom is -0.396 e. The molecule has 0 unspecified atom stereocenters. The summed E-state index contributed by atoms with van der Waals surface area (Å²) in [7, 11) is 0. The molecule has 1 amide bonds. The van der Waals surface area contributed by atoms with Gasteiger partial charge in [0.1, 0.15) is 0 Å². The average molecular weight is 370 g/mol. The van der Waals surface area contributed by atoms with E-state index in [2.05, 4.69) is 29.8 Å². The summed E-state index contributed by atoms with van der Waals surface area (Å²) in [5.41, 5.74) is 4.05. The molecule has 2 fully saturated rings. The molecule has 4 rings (SSSR count). The van der Waals surface area contributed by atoms with Gasteiger partial charge in [0.15, 0.2) is 0 Å². The molecule has 146 valence electrons. The van der Waals surface area contributed by atoms with Crippen molar-refractivity contribution in [2.45, 2.75) is 58.0 Å². The molecular weight excluding hydrogens is 338 g/mol. The van der Waals surface area contributed by atoms with E-state index in [9.17, 15) is 9.90 Å². The van der Waals surface area contributed by atoms with E-state index in [1.807, 2.05) is 17.0 Å². The van der Waals surface area contributed by atoms with Crippen LogP contribution in [0.3, 0.4) is 0 Å². The molecule has 5 heteroatoms. The number of carbonyl (C=O) groups excluding carboxylic acids is 1. The van der Waals surface area contributed by atoms with E-state index in [0.29, 0.717) is 12.6 Å². The van der Waals surface area contributed by atoms with Crippen LogP contribution in [0.4, 0.5) is 0 Å². The van der Waals surface area contributed by atoms with Gasteiger partial charge < -0.3 is 15.0 Å². The molecule has 1 aliphatic carbocycles. The molecule has 0 bridgehead atoms. The van der Waals surface area contributed by atoms with Crippen molar-refractivity contribution >= 4 is 16.8 Å². The van der Waals surface area contributed by atoms with Crippen molar-refractivity contribution in [1.29, 1.82) is 0 Å². The molecule has 1 saturated carbocycles. The van der Waals surface area contributed by atoms with Gasteiger partial charge >= 0.3 is 0 Å². The first kappa shape index (κ1) is 18.5. The lowest BCUT2D eigenvalue weighted by molar-refractivity contribution is 0.0256. The molecule has 27 heavy (non-hydrogen) atoms. The van der Waals surface area contributed by atoms with Crippen LogP contribution in [0.25, 0.3) is 10.9 Å². The Morgan fingerprint density at radius 3 is 2.74 bits per heavy atom. The van der Waals surface area contributed by atoms with Gasteiger partial charge in [0.2, 0.25) is 0 Å². The van der Waals surface area contributed by atoms with Gasteiger partial charge in [-0.25, -0.2) is 0 Å². The van der Waals surface area contributed by atoms with Crippen molar-refractivity contribution in [1.82, 2.24) is 14.8 Å². The van der Waals surface area contributed by atoms with Crippen molar-refractivity contribution in [2.24, 2.45) is 0 Å². The van der Waals surface area contributed by atoms with Crippen LogP contribution in [0.15, 0.2) is 18.2 Å². The Kier molecular flexibility index (Phi) is 5.24. The predicted molar refractivity (Wildman–Crippen MR) is 108 cm³/mol. The molecule has 1 aromatic carbocycles. The molecule has 1 aliphatic heterocycles. The zero-order valence-corrected chi connectivity index (χ0v) is 16.5. The molecule has 2 aliphatic rings. The number of hydrogen-bond acceptors (Lipinski definition) is 3. The molecule has 2 N–H and O–H groups in total. The number of fused-ring (bicyclic) bond motifs is 1. The largest absolute Gasteiger partial charge is 0.396 e. The minimum atomic E-state index is 0.107. The number of nitrogens with one attached hydrogen (secondary N) is 1. The van der Waals surface area contributed by atoms with Gasteiger partial charge in [-0.1, -0.05) is 25.0 Å². The maximum absolute atomic E-state index is 13.3. The third kappa shape index (κ3) is 3.39. The van der Waals surface area contributed by atoms with E-state index in [0.717, 1.165) is 41.7 Å². The Morgan fingerprint density at radius 2 is 2.00 bits per heavy atom. The van der Waals surface area contributed by atoms with E-state index in [-0.39, 0.29) is 18.6 Å². The number of amides is 1. The first-order valence-electron chi connectivity index (χ1n) is 10.3. The predicted octanol–water partition coefficient (Wildman–Crippen LogP) is 3.24. The summed E-state index contributed by atoms with van der Waals surface area (Å²) in [6.45, 7) is 6.74. The van der Waals surface area contributed by atoms with Gasteiger partial charge in [0.05, 0.1) is 11.1 Å². The number of aromatic amines is 1. The van der Waals surface area contributed by atoms with Crippen molar-refractivity contribution in [3.63, 3.8) is 0 Å². The first-order chi connectivity index (χ1) is 13.1. The van der Waals surface area contributed by atoms with E-state index in [1.54, 1.807) is 0 Å². The summed E-state index contributed by atoms with van der Waals surface area (Å²) < 4.78 is 0. The topological polar surface area (TPSA) is 59.6 Å². The maximum atomic E-state index is 13.3. The highest BCUT2D eigenvalue weighted by atomic mass is 16.3. The Morgan fingerprint density at radius 1 is 1.22 bits per heavy atom. The van der Waals surface area contributed by atoms with Crippen LogP contribution in [0.5, 0.6) is 0 Å². The van der Waals surface area contributed by atoms with E-state index < -0.39 is 0 Å². The van der Waals surface area contributed by atoms with E-state index in [4.69, 9.17) is 0 Å². The van der Waals surface area contributed by atoms with E-state index in [1.165, 1.54) is 31.2 Å². The highest BCUT2D eigenvalue weighted by molar-refractivity contribution is 6.06. The second-order valence-corrected chi connectivity index (χ2v) is 8.20. The fraction of sp³-hybridized carbons (Fsp3) is 0.591. The second kappa shape index (κ2) is 7.64. The average Bonchev–Trinajstić information content (AvgIpc) is 3.30. The standard InChI is InChI=1S/C22H31N3O2/c1-15-16(2)23-21-19(15)8-5-9-20(21)22(27)24-11-12-25(17-6-3-4-7-17)18(14-24)10-13-26/h5,8-9,17-18,23,26H,3-4,6-7,10-14H2,1-2H3/t18-/m1/s1. The number of rotatable bonds is 4. The quantitative estimate of drug-likeness (QED) is 0.870. The highest BCUT2D eigenvalue weighted by Crippen LogP contribution is 2.29. The molecule has 0 spiro atoms. The van der Waals surface area contributed by atoms with E-state index >= 15 is 0 Å². The molecule has 0 radical (unpaired) electrons. The third-order valence-electron chi connectivity index (χ3n) is 6.65. The zero-order valence-electron chi connectivity index (χ0n) is 16.5. The number of hydrogen-bond donors (Lipinski definition) is 2. The SMILES string of the molecule is Cc1[nH]c2c(C(=O)N3CCN(C4CCCC4)[C@H](CCO)C3)cccc2c1C. The summed E-state index contributed by atoms with van der Waals surface area (Å²) >= 11 is 0. The number of para-hydroxylation sites is 1. The van der Waals surface area contributed by atoms with Crippen LogP contribution >= 0.6 is 0 Å². The van der Waals surface area contributed by atoms with Crippen LogP contribution in [0.1, 0.15) is 53.7 Å². The molecule has 1 atom stereocenters. The first-order valence-corrected chi connectivity index (χ1v) is 10.3. The molecule has 5 nitrogen and oxygen atoms in total. The van der Waals surface area contributed by atoms with Gasteiger partial charge in [-0.3, -0.25) is 9.69 Å². The Labute approximate surface area is 161 Å². The summed E-state index contributed by atoms with van der Waals surface area (Å²) in [5.74, 6) is 0.107. The summed E-state index contributed by atoms with van der Waals surface area (Å²) in [5, 5.41) is 10.7. The van der Waals surface area contributed by atoms with Crippen LogP contribution in [0, 0.1) is 13.8 Å². The molecular formula is C22H31N3O2. The zero-order chi connectivity index (χ0) is 19.0. The van der Waals surface area contributed by atoms with Crippen molar-refractivity contribution in [2.75, 3.05) is 26.2 Å². The minimum absolute atomic E-state index is 0.107. The van der Waals surface area contributed by atoms with Crippen LogP contribution < -0.4 is 0 Å². The summed E-state index contributed by atoms with van der Waals surface area (Å²) in [6, 6.07) is 6.90. The number of H-pyrrole nitrogens is 1. The second-order valence-electron chi connectivity index (χ2n) is 8.20. The fourth-order valence-electron chi connectivity index (χ4n) is 5.01.